The summed E-state index contributed by atoms with van der Waals surface area (Å²) in [5.41, 5.74) is 1.36. The predicted octanol–water partition coefficient (Wildman–Crippen LogP) is 4.11. The number of rotatable bonds is 4. The maximum absolute atomic E-state index is 13.2. The van der Waals surface area contributed by atoms with Crippen LogP contribution in [0.4, 0.5) is 15.2 Å². The van der Waals surface area contributed by atoms with Crippen LogP contribution in [0.25, 0.3) is 11.3 Å². The number of anilines is 1. The molecular weight excluding hydrogens is 333 g/mol. The second-order valence-electron chi connectivity index (χ2n) is 4.81. The molecule has 0 aliphatic heterocycles. The summed E-state index contributed by atoms with van der Waals surface area (Å²) in [5.74, 6) is -0.790. The van der Waals surface area contributed by atoms with E-state index >= 15 is 0 Å². The number of nitro groups is 1. The average molecular weight is 343 g/mol. The number of nitro benzene ring substituents is 1. The van der Waals surface area contributed by atoms with Crippen LogP contribution in [0.5, 0.6) is 0 Å². The second-order valence-corrected chi connectivity index (χ2v) is 5.66. The summed E-state index contributed by atoms with van der Waals surface area (Å²) in [6, 6.07) is 11.3. The number of nitrogens with one attached hydrogen (secondary N) is 1. The van der Waals surface area contributed by atoms with E-state index in [4.69, 9.17) is 0 Å². The molecule has 0 fully saturated rings. The Morgan fingerprint density at radius 1 is 1.21 bits per heavy atom. The Morgan fingerprint density at radius 2 is 1.96 bits per heavy atom. The van der Waals surface area contributed by atoms with E-state index in [2.05, 4.69) is 10.3 Å². The third kappa shape index (κ3) is 3.44. The van der Waals surface area contributed by atoms with E-state index < -0.39 is 10.8 Å². The lowest BCUT2D eigenvalue weighted by Crippen LogP contribution is -2.11. The van der Waals surface area contributed by atoms with Gasteiger partial charge in [0.25, 0.3) is 11.6 Å². The van der Waals surface area contributed by atoms with Gasteiger partial charge in [-0.05, 0) is 24.3 Å². The van der Waals surface area contributed by atoms with Crippen LogP contribution in [0.2, 0.25) is 0 Å². The quantitative estimate of drug-likeness (QED) is 0.570. The van der Waals surface area contributed by atoms with Crippen molar-refractivity contribution < 1.29 is 14.1 Å². The van der Waals surface area contributed by atoms with Crippen LogP contribution >= 0.6 is 11.3 Å². The fraction of sp³-hybridized carbons (Fsp3) is 0. The number of non-ortho nitro benzene ring substituents is 1. The van der Waals surface area contributed by atoms with Crippen LogP contribution in [0.3, 0.4) is 0 Å². The minimum atomic E-state index is -0.534. The van der Waals surface area contributed by atoms with E-state index in [9.17, 15) is 19.3 Å². The normalized spacial score (nSPS) is 10.4. The van der Waals surface area contributed by atoms with Gasteiger partial charge in [0, 0.05) is 28.6 Å². The largest absolute Gasteiger partial charge is 0.298 e. The van der Waals surface area contributed by atoms with Crippen LogP contribution in [0.1, 0.15) is 10.4 Å². The molecule has 1 heterocycles. The van der Waals surface area contributed by atoms with E-state index in [1.165, 1.54) is 47.7 Å². The van der Waals surface area contributed by atoms with Crippen LogP contribution < -0.4 is 5.32 Å². The molecule has 120 valence electrons. The molecule has 0 aliphatic rings. The number of benzene rings is 2. The molecule has 6 nitrogen and oxygen atoms in total. The van der Waals surface area contributed by atoms with Crippen molar-refractivity contribution in [2.75, 3.05) is 5.32 Å². The topological polar surface area (TPSA) is 85.1 Å². The molecule has 3 rings (SSSR count). The zero-order chi connectivity index (χ0) is 17.1. The Labute approximate surface area is 139 Å². The first kappa shape index (κ1) is 15.8. The Kier molecular flexibility index (Phi) is 4.30. The molecule has 1 N–H and O–H groups in total. The SMILES string of the molecule is O=C(Nc1nc(-c2cccc(F)c2)cs1)c1ccc([N+](=O)[O-])cc1. The van der Waals surface area contributed by atoms with Gasteiger partial charge in [-0.3, -0.25) is 20.2 Å². The fourth-order valence-corrected chi connectivity index (χ4v) is 2.73. The minimum absolute atomic E-state index is 0.0887. The third-order valence-corrected chi connectivity index (χ3v) is 3.94. The fourth-order valence-electron chi connectivity index (χ4n) is 2.02. The van der Waals surface area contributed by atoms with Crippen molar-refractivity contribution in [2.24, 2.45) is 0 Å². The molecule has 8 heteroatoms. The first-order valence-corrected chi connectivity index (χ1v) is 7.68. The van der Waals surface area contributed by atoms with Gasteiger partial charge in [-0.1, -0.05) is 12.1 Å². The molecule has 0 spiro atoms. The van der Waals surface area contributed by atoms with Gasteiger partial charge in [-0.15, -0.1) is 11.3 Å². The maximum Gasteiger partial charge on any atom is 0.269 e. The Morgan fingerprint density at radius 3 is 2.62 bits per heavy atom. The maximum atomic E-state index is 13.2. The molecule has 0 bridgehead atoms. The number of halogens is 1. The lowest BCUT2D eigenvalue weighted by molar-refractivity contribution is -0.384. The smallest absolute Gasteiger partial charge is 0.269 e. The van der Waals surface area contributed by atoms with Gasteiger partial charge in [-0.2, -0.15) is 0 Å². The molecule has 1 amide bonds. The number of carbonyl (C=O) groups is 1. The van der Waals surface area contributed by atoms with E-state index in [0.29, 0.717) is 16.4 Å². The molecule has 0 radical (unpaired) electrons. The number of carbonyl (C=O) groups excluding carboxylic acids is 1. The van der Waals surface area contributed by atoms with Crippen molar-refractivity contribution in [1.82, 2.24) is 4.98 Å². The minimum Gasteiger partial charge on any atom is -0.298 e. The Hall–Kier alpha value is -3.13. The first-order chi connectivity index (χ1) is 11.5. The Bertz CT molecular complexity index is 909. The summed E-state index contributed by atoms with van der Waals surface area (Å²) < 4.78 is 13.2. The number of thiazole rings is 1. The van der Waals surface area contributed by atoms with Gasteiger partial charge in [0.2, 0.25) is 0 Å². The Balaban J connectivity index is 1.74. The number of hydrogen-bond donors (Lipinski definition) is 1. The highest BCUT2D eigenvalue weighted by Gasteiger charge is 2.12. The molecule has 0 saturated carbocycles. The highest BCUT2D eigenvalue weighted by atomic mass is 32.1. The van der Waals surface area contributed by atoms with Gasteiger partial charge in [-0.25, -0.2) is 9.37 Å². The molecule has 24 heavy (non-hydrogen) atoms. The molecule has 0 unspecified atom stereocenters. The summed E-state index contributed by atoms with van der Waals surface area (Å²) in [6.07, 6.45) is 0. The summed E-state index contributed by atoms with van der Waals surface area (Å²) in [4.78, 5) is 26.4. The van der Waals surface area contributed by atoms with Crippen molar-refractivity contribution >= 4 is 28.1 Å². The van der Waals surface area contributed by atoms with E-state index in [1.807, 2.05) is 0 Å². The number of aromatic nitrogens is 1. The summed E-state index contributed by atoms with van der Waals surface area (Å²) in [7, 11) is 0. The summed E-state index contributed by atoms with van der Waals surface area (Å²) in [6.45, 7) is 0. The highest BCUT2D eigenvalue weighted by molar-refractivity contribution is 7.14. The van der Waals surface area contributed by atoms with Crippen molar-refractivity contribution in [3.05, 3.63) is 75.4 Å². The van der Waals surface area contributed by atoms with Crippen LogP contribution in [0, 0.1) is 15.9 Å². The van der Waals surface area contributed by atoms with Crippen LogP contribution in [0.15, 0.2) is 53.9 Å². The van der Waals surface area contributed by atoms with Gasteiger partial charge in [0.1, 0.15) is 5.82 Å². The molecule has 0 aliphatic carbocycles. The number of amides is 1. The number of hydrogen-bond acceptors (Lipinski definition) is 5. The van der Waals surface area contributed by atoms with Crippen LogP contribution in [-0.4, -0.2) is 15.8 Å². The summed E-state index contributed by atoms with van der Waals surface area (Å²) >= 11 is 1.21. The van der Waals surface area contributed by atoms with Crippen LogP contribution in [-0.2, 0) is 0 Å². The summed E-state index contributed by atoms with van der Waals surface area (Å²) in [5, 5.41) is 15.3. The first-order valence-electron chi connectivity index (χ1n) is 6.80. The van der Waals surface area contributed by atoms with Crippen molar-refractivity contribution in [3.8, 4) is 11.3 Å². The third-order valence-electron chi connectivity index (χ3n) is 3.19. The highest BCUT2D eigenvalue weighted by Crippen LogP contribution is 2.25. The zero-order valence-electron chi connectivity index (χ0n) is 12.1. The molecule has 1 aromatic heterocycles. The molecule has 3 aromatic rings. The number of nitrogens with zero attached hydrogens (tertiary/aromatic N) is 2. The van der Waals surface area contributed by atoms with Gasteiger partial charge in [0.15, 0.2) is 5.13 Å². The molecular formula is C16H10FN3O3S. The lowest BCUT2D eigenvalue weighted by Gasteiger charge is -2.01. The molecule has 0 atom stereocenters. The lowest BCUT2D eigenvalue weighted by atomic mass is 10.2. The van der Waals surface area contributed by atoms with E-state index in [-0.39, 0.29) is 17.1 Å². The van der Waals surface area contributed by atoms with Gasteiger partial charge >= 0.3 is 0 Å². The average Bonchev–Trinajstić information content (AvgIpc) is 3.03. The molecule has 2 aromatic carbocycles. The predicted molar refractivity (Wildman–Crippen MR) is 88.6 cm³/mol. The van der Waals surface area contributed by atoms with E-state index in [1.54, 1.807) is 17.5 Å². The second kappa shape index (κ2) is 6.55. The molecule has 0 saturated heterocycles. The van der Waals surface area contributed by atoms with Crippen molar-refractivity contribution in [3.63, 3.8) is 0 Å². The zero-order valence-corrected chi connectivity index (χ0v) is 12.9. The standard InChI is InChI=1S/C16H10FN3O3S/c17-12-3-1-2-11(8-12)14-9-24-16(18-14)19-15(21)10-4-6-13(7-5-10)20(22)23/h1-9H,(H,18,19,21). The monoisotopic (exact) mass is 343 g/mol. The van der Waals surface area contributed by atoms with Crippen molar-refractivity contribution in [2.45, 2.75) is 0 Å². The van der Waals surface area contributed by atoms with Gasteiger partial charge < -0.3 is 0 Å². The van der Waals surface area contributed by atoms with E-state index in [0.717, 1.165) is 0 Å². The van der Waals surface area contributed by atoms with Crippen molar-refractivity contribution in [1.29, 1.82) is 0 Å². The van der Waals surface area contributed by atoms with Gasteiger partial charge in [0.05, 0.1) is 10.6 Å².